The summed E-state index contributed by atoms with van der Waals surface area (Å²) >= 11 is 0. The number of hydrogen-bond acceptors (Lipinski definition) is 5. The zero-order valence-corrected chi connectivity index (χ0v) is 18.1. The van der Waals surface area contributed by atoms with Crippen LogP contribution in [0.5, 0.6) is 23.0 Å². The van der Waals surface area contributed by atoms with Crippen molar-refractivity contribution in [3.63, 3.8) is 0 Å². The van der Waals surface area contributed by atoms with Crippen molar-refractivity contribution in [2.24, 2.45) is 0 Å². The van der Waals surface area contributed by atoms with E-state index in [2.05, 4.69) is 0 Å². The zero-order chi connectivity index (χ0) is 21.9. The minimum Gasteiger partial charge on any atom is -0.493 e. The smallest absolute Gasteiger partial charge is 0.161 e. The number of ketones is 1. The maximum absolute atomic E-state index is 12.4. The molecule has 2 rings (SSSR count). The van der Waals surface area contributed by atoms with Gasteiger partial charge < -0.3 is 18.9 Å². The zero-order valence-electron chi connectivity index (χ0n) is 18.1. The number of carbonyl (C=O) groups excluding carboxylic acids is 1. The van der Waals surface area contributed by atoms with Crippen LogP contribution in [0.1, 0.15) is 24.5 Å². The van der Waals surface area contributed by atoms with Crippen LogP contribution >= 0.6 is 0 Å². The van der Waals surface area contributed by atoms with Gasteiger partial charge >= 0.3 is 0 Å². The summed E-state index contributed by atoms with van der Waals surface area (Å²) in [6.07, 6.45) is 9.47. The largest absolute Gasteiger partial charge is 0.493 e. The van der Waals surface area contributed by atoms with Gasteiger partial charge in [-0.25, -0.2) is 0 Å². The van der Waals surface area contributed by atoms with Crippen molar-refractivity contribution in [3.8, 4) is 23.0 Å². The minimum absolute atomic E-state index is 0.00912. The maximum atomic E-state index is 12.4. The Labute approximate surface area is 178 Å². The molecule has 2 aromatic carbocycles. The van der Waals surface area contributed by atoms with E-state index in [0.717, 1.165) is 16.7 Å². The molecular formula is C25H28O5. The van der Waals surface area contributed by atoms with Crippen molar-refractivity contribution in [1.29, 1.82) is 0 Å². The van der Waals surface area contributed by atoms with Gasteiger partial charge in [-0.3, -0.25) is 4.79 Å². The highest BCUT2D eigenvalue weighted by atomic mass is 16.5. The average Bonchev–Trinajstić information content (AvgIpc) is 2.79. The van der Waals surface area contributed by atoms with E-state index in [1.54, 1.807) is 40.6 Å². The molecule has 0 unspecified atom stereocenters. The van der Waals surface area contributed by atoms with Gasteiger partial charge in [0.15, 0.2) is 28.8 Å². The van der Waals surface area contributed by atoms with E-state index in [9.17, 15) is 4.79 Å². The number of benzene rings is 2. The fourth-order valence-electron chi connectivity index (χ4n) is 2.82. The van der Waals surface area contributed by atoms with Gasteiger partial charge in [0.05, 0.1) is 28.4 Å². The first-order chi connectivity index (χ1) is 14.5. The molecule has 0 atom stereocenters. The lowest BCUT2D eigenvalue weighted by Crippen LogP contribution is -1.94. The van der Waals surface area contributed by atoms with E-state index in [4.69, 9.17) is 18.9 Å². The normalized spacial score (nSPS) is 11.7. The van der Waals surface area contributed by atoms with Crippen molar-refractivity contribution >= 4 is 17.9 Å². The Morgan fingerprint density at radius 3 is 1.63 bits per heavy atom. The monoisotopic (exact) mass is 408 g/mol. The van der Waals surface area contributed by atoms with Crippen LogP contribution < -0.4 is 18.9 Å². The first-order valence-corrected chi connectivity index (χ1v) is 9.52. The molecule has 0 saturated carbocycles. The number of ether oxygens (including phenoxy) is 4. The third-order valence-corrected chi connectivity index (χ3v) is 4.52. The summed E-state index contributed by atoms with van der Waals surface area (Å²) in [6, 6.07) is 11.2. The van der Waals surface area contributed by atoms with Gasteiger partial charge in [-0.05, 0) is 54.0 Å². The van der Waals surface area contributed by atoms with Crippen LogP contribution in [0.2, 0.25) is 0 Å². The Bertz CT molecular complexity index is 954. The molecule has 5 heteroatoms. The van der Waals surface area contributed by atoms with E-state index in [0.29, 0.717) is 29.4 Å². The molecule has 0 N–H and O–H groups in total. The third-order valence-electron chi connectivity index (χ3n) is 4.52. The molecule has 30 heavy (non-hydrogen) atoms. The van der Waals surface area contributed by atoms with E-state index < -0.39 is 0 Å². The highest BCUT2D eigenvalue weighted by molar-refractivity contribution is 5.95. The van der Waals surface area contributed by atoms with Gasteiger partial charge in [0.1, 0.15) is 0 Å². The predicted octanol–water partition coefficient (Wildman–Crippen LogP) is 5.35. The number of rotatable bonds is 10. The number of methoxy groups -OCH3 is 4. The summed E-state index contributed by atoms with van der Waals surface area (Å²) in [4.78, 5) is 12.4. The van der Waals surface area contributed by atoms with Gasteiger partial charge in [-0.2, -0.15) is 0 Å². The predicted molar refractivity (Wildman–Crippen MR) is 121 cm³/mol. The fraction of sp³-hybridized carbons (Fsp3) is 0.240. The van der Waals surface area contributed by atoms with Crippen molar-refractivity contribution in [3.05, 3.63) is 71.3 Å². The Balaban J connectivity index is 2.04. The Kier molecular flexibility index (Phi) is 8.75. The molecule has 5 nitrogen and oxygen atoms in total. The molecule has 158 valence electrons. The molecule has 2 aromatic rings. The van der Waals surface area contributed by atoms with Crippen LogP contribution in [0.15, 0.2) is 60.2 Å². The van der Waals surface area contributed by atoms with Gasteiger partial charge in [-0.1, -0.05) is 36.4 Å². The molecule has 0 saturated heterocycles. The van der Waals surface area contributed by atoms with Crippen molar-refractivity contribution in [2.75, 3.05) is 28.4 Å². The molecule has 0 radical (unpaired) electrons. The van der Waals surface area contributed by atoms with Crippen LogP contribution in [0.3, 0.4) is 0 Å². The quantitative estimate of drug-likeness (QED) is 0.392. The SMILES string of the molecule is C/C=C(\C=C\c1ccc(OC)c(OC)c1)CC(=O)/C=C/c1ccc(OC)c(OC)c1. The molecule has 0 spiro atoms. The first kappa shape index (κ1) is 22.8. The summed E-state index contributed by atoms with van der Waals surface area (Å²) < 4.78 is 21.1. The summed E-state index contributed by atoms with van der Waals surface area (Å²) in [5.74, 6) is 2.62. The Hall–Kier alpha value is -3.47. The van der Waals surface area contributed by atoms with Crippen LogP contribution in [0.25, 0.3) is 12.2 Å². The highest BCUT2D eigenvalue weighted by Crippen LogP contribution is 2.29. The molecule has 0 aliphatic rings. The minimum atomic E-state index is 0.00912. The molecule has 0 aliphatic carbocycles. The molecule has 0 bridgehead atoms. The summed E-state index contributed by atoms with van der Waals surface area (Å²) in [5.41, 5.74) is 2.75. The summed E-state index contributed by atoms with van der Waals surface area (Å²) in [7, 11) is 6.38. The number of allylic oxidation sites excluding steroid dienone is 4. The van der Waals surface area contributed by atoms with Crippen LogP contribution in [0, 0.1) is 0 Å². The van der Waals surface area contributed by atoms with Crippen LogP contribution in [-0.4, -0.2) is 34.2 Å². The maximum Gasteiger partial charge on any atom is 0.161 e. The molecule has 0 amide bonds. The van der Waals surface area contributed by atoms with Crippen molar-refractivity contribution < 1.29 is 23.7 Å². The van der Waals surface area contributed by atoms with Gasteiger partial charge in [0.2, 0.25) is 0 Å². The van der Waals surface area contributed by atoms with Crippen LogP contribution in [-0.2, 0) is 4.79 Å². The standard InChI is InChI=1S/C25H28O5/c1-6-18(7-8-19-10-13-22(27-2)24(16-19)29-4)15-21(26)12-9-20-11-14-23(28-3)25(17-20)30-5/h6-14,16-17H,15H2,1-5H3/b8-7+,12-9+,18-6+. The van der Waals surface area contributed by atoms with E-state index >= 15 is 0 Å². The lowest BCUT2D eigenvalue weighted by atomic mass is 10.1. The van der Waals surface area contributed by atoms with E-state index in [1.165, 1.54) is 0 Å². The molecule has 0 fully saturated rings. The number of hydrogen-bond donors (Lipinski definition) is 0. The lowest BCUT2D eigenvalue weighted by Gasteiger charge is -2.08. The topological polar surface area (TPSA) is 54.0 Å². The van der Waals surface area contributed by atoms with Crippen molar-refractivity contribution in [1.82, 2.24) is 0 Å². The average molecular weight is 408 g/mol. The van der Waals surface area contributed by atoms with Crippen LogP contribution in [0.4, 0.5) is 0 Å². The second-order valence-corrected chi connectivity index (χ2v) is 6.40. The number of carbonyl (C=O) groups is 1. The molecule has 0 aliphatic heterocycles. The second-order valence-electron chi connectivity index (χ2n) is 6.40. The summed E-state index contributed by atoms with van der Waals surface area (Å²) in [6.45, 7) is 1.92. The summed E-state index contributed by atoms with van der Waals surface area (Å²) in [5, 5.41) is 0. The highest BCUT2D eigenvalue weighted by Gasteiger charge is 2.05. The van der Waals surface area contributed by atoms with E-state index in [1.807, 2.05) is 61.5 Å². The molecule has 0 heterocycles. The van der Waals surface area contributed by atoms with Gasteiger partial charge in [0.25, 0.3) is 0 Å². The Morgan fingerprint density at radius 1 is 0.733 bits per heavy atom. The first-order valence-electron chi connectivity index (χ1n) is 9.52. The lowest BCUT2D eigenvalue weighted by molar-refractivity contribution is -0.113. The van der Waals surface area contributed by atoms with E-state index in [-0.39, 0.29) is 5.78 Å². The third kappa shape index (κ3) is 6.27. The second kappa shape index (κ2) is 11.5. The van der Waals surface area contributed by atoms with Gasteiger partial charge in [-0.15, -0.1) is 0 Å². The molecular weight excluding hydrogens is 380 g/mol. The van der Waals surface area contributed by atoms with Gasteiger partial charge in [0, 0.05) is 6.42 Å². The molecule has 0 aromatic heterocycles. The Morgan fingerprint density at radius 2 is 1.20 bits per heavy atom. The van der Waals surface area contributed by atoms with Crippen molar-refractivity contribution in [2.45, 2.75) is 13.3 Å². The fourth-order valence-corrected chi connectivity index (χ4v) is 2.82.